The monoisotopic (exact) mass is 681 g/mol. The standard InChI is InChI=1S/C29H33ClIN3O4S/c1-21(2)18-32-29(36)27(17-22-7-5-4-6-8-22)33(19-23-9-11-24(30)12-10-23)28(35)20-34(39(3,37)38)26-15-13-25(31)14-16-26/h4-16,21,27H,17-20H2,1-3H3,(H,32,36)/t27-/m0/s1. The van der Waals surface area contributed by atoms with E-state index in [1.807, 2.05) is 44.2 Å². The molecule has 1 N–H and O–H groups in total. The number of carbonyl (C=O) groups is 2. The fourth-order valence-corrected chi connectivity index (χ4v) is 5.32. The van der Waals surface area contributed by atoms with Crippen molar-refractivity contribution in [2.75, 3.05) is 23.7 Å². The topological polar surface area (TPSA) is 86.8 Å². The summed E-state index contributed by atoms with van der Waals surface area (Å²) in [4.78, 5) is 29.0. The number of benzene rings is 3. The van der Waals surface area contributed by atoms with Crippen molar-refractivity contribution in [3.05, 3.63) is 98.6 Å². The van der Waals surface area contributed by atoms with Crippen LogP contribution in [0.25, 0.3) is 0 Å². The first kappa shape index (κ1) is 30.9. The van der Waals surface area contributed by atoms with E-state index < -0.39 is 28.5 Å². The molecule has 0 saturated carbocycles. The van der Waals surface area contributed by atoms with Crippen molar-refractivity contribution >= 4 is 61.7 Å². The van der Waals surface area contributed by atoms with Crippen molar-refractivity contribution in [2.24, 2.45) is 5.92 Å². The second kappa shape index (κ2) is 14.1. The summed E-state index contributed by atoms with van der Waals surface area (Å²) in [7, 11) is -3.80. The van der Waals surface area contributed by atoms with Crippen LogP contribution < -0.4 is 9.62 Å². The van der Waals surface area contributed by atoms with E-state index in [4.69, 9.17) is 11.6 Å². The minimum absolute atomic E-state index is 0.104. The van der Waals surface area contributed by atoms with Crippen LogP contribution >= 0.6 is 34.2 Å². The zero-order valence-electron chi connectivity index (χ0n) is 22.2. The Morgan fingerprint density at radius 1 is 0.923 bits per heavy atom. The van der Waals surface area contributed by atoms with Crippen LogP contribution in [0.4, 0.5) is 5.69 Å². The molecule has 0 fully saturated rings. The first-order valence-corrected chi connectivity index (χ1v) is 15.8. The molecule has 2 amide bonds. The van der Waals surface area contributed by atoms with Gasteiger partial charge in [0.25, 0.3) is 0 Å². The molecular weight excluding hydrogens is 649 g/mol. The third-order valence-corrected chi connectivity index (χ3v) is 8.13. The number of hydrogen-bond donors (Lipinski definition) is 1. The highest BCUT2D eigenvalue weighted by molar-refractivity contribution is 14.1. The van der Waals surface area contributed by atoms with Crippen molar-refractivity contribution in [3.63, 3.8) is 0 Å². The average Bonchev–Trinajstić information content (AvgIpc) is 2.89. The van der Waals surface area contributed by atoms with Gasteiger partial charge in [-0.15, -0.1) is 0 Å². The minimum atomic E-state index is -3.80. The fraction of sp³-hybridized carbons (Fsp3) is 0.310. The molecule has 0 aromatic heterocycles. The summed E-state index contributed by atoms with van der Waals surface area (Å²) in [5, 5.41) is 3.52. The molecule has 0 radical (unpaired) electrons. The molecule has 208 valence electrons. The van der Waals surface area contributed by atoms with Crippen molar-refractivity contribution in [1.29, 1.82) is 0 Å². The summed E-state index contributed by atoms with van der Waals surface area (Å²) in [5.74, 6) is -0.571. The number of amides is 2. The van der Waals surface area contributed by atoms with Gasteiger partial charge >= 0.3 is 0 Å². The Morgan fingerprint density at radius 2 is 1.54 bits per heavy atom. The predicted octanol–water partition coefficient (Wildman–Crippen LogP) is 5.12. The van der Waals surface area contributed by atoms with Crippen LogP contribution in [0.1, 0.15) is 25.0 Å². The molecule has 0 heterocycles. The number of sulfonamides is 1. The molecule has 10 heteroatoms. The van der Waals surface area contributed by atoms with Gasteiger partial charge in [-0.05, 0) is 76.0 Å². The third kappa shape index (κ3) is 9.51. The van der Waals surface area contributed by atoms with E-state index in [9.17, 15) is 18.0 Å². The smallest absolute Gasteiger partial charge is 0.244 e. The summed E-state index contributed by atoms with van der Waals surface area (Å²) in [6.45, 7) is 4.09. The summed E-state index contributed by atoms with van der Waals surface area (Å²) < 4.78 is 27.6. The SMILES string of the molecule is CC(C)CNC(=O)[C@H](Cc1ccccc1)N(Cc1ccc(Cl)cc1)C(=O)CN(c1ccc(I)cc1)S(C)(=O)=O. The second-order valence-electron chi connectivity index (χ2n) is 9.74. The van der Waals surface area contributed by atoms with Gasteiger partial charge < -0.3 is 10.2 Å². The molecule has 3 aromatic carbocycles. The highest BCUT2D eigenvalue weighted by atomic mass is 127. The van der Waals surface area contributed by atoms with Gasteiger partial charge in [-0.3, -0.25) is 13.9 Å². The summed E-state index contributed by atoms with van der Waals surface area (Å²) in [5.41, 5.74) is 2.03. The number of carbonyl (C=O) groups excluding carboxylic acids is 2. The maximum absolute atomic E-state index is 14.0. The maximum Gasteiger partial charge on any atom is 0.244 e. The number of halogens is 2. The van der Waals surface area contributed by atoms with Gasteiger partial charge in [0.05, 0.1) is 11.9 Å². The molecule has 1 atom stereocenters. The van der Waals surface area contributed by atoms with Crippen LogP contribution in [0.2, 0.25) is 5.02 Å². The number of rotatable bonds is 12. The van der Waals surface area contributed by atoms with Crippen LogP contribution in [0.5, 0.6) is 0 Å². The van der Waals surface area contributed by atoms with E-state index >= 15 is 0 Å². The number of nitrogens with one attached hydrogen (secondary N) is 1. The van der Waals surface area contributed by atoms with Gasteiger partial charge in [-0.1, -0.05) is 67.9 Å². The van der Waals surface area contributed by atoms with Crippen molar-refractivity contribution in [1.82, 2.24) is 10.2 Å². The van der Waals surface area contributed by atoms with E-state index in [-0.39, 0.29) is 24.8 Å². The molecule has 0 aliphatic heterocycles. The van der Waals surface area contributed by atoms with E-state index in [1.54, 1.807) is 48.5 Å². The van der Waals surface area contributed by atoms with Crippen LogP contribution in [-0.4, -0.2) is 50.5 Å². The molecule has 0 bridgehead atoms. The molecule has 3 aromatic rings. The molecule has 0 spiro atoms. The van der Waals surface area contributed by atoms with Gasteiger partial charge in [0.15, 0.2) is 0 Å². The Morgan fingerprint density at radius 3 is 2.10 bits per heavy atom. The minimum Gasteiger partial charge on any atom is -0.354 e. The molecule has 39 heavy (non-hydrogen) atoms. The fourth-order valence-electron chi connectivity index (χ4n) is 3.98. The first-order chi connectivity index (χ1) is 18.4. The molecule has 7 nitrogen and oxygen atoms in total. The largest absolute Gasteiger partial charge is 0.354 e. The van der Waals surface area contributed by atoms with Gasteiger partial charge in [0.1, 0.15) is 12.6 Å². The third-order valence-electron chi connectivity index (χ3n) is 6.02. The van der Waals surface area contributed by atoms with Crippen molar-refractivity contribution in [3.8, 4) is 0 Å². The van der Waals surface area contributed by atoms with Crippen molar-refractivity contribution < 1.29 is 18.0 Å². The van der Waals surface area contributed by atoms with E-state index in [0.717, 1.165) is 25.3 Å². The van der Waals surface area contributed by atoms with Crippen LogP contribution in [-0.2, 0) is 32.6 Å². The number of nitrogens with zero attached hydrogens (tertiary/aromatic N) is 2. The van der Waals surface area contributed by atoms with Crippen LogP contribution in [0.15, 0.2) is 78.9 Å². The Hall–Kier alpha value is -2.63. The molecule has 0 unspecified atom stereocenters. The predicted molar refractivity (Wildman–Crippen MR) is 165 cm³/mol. The van der Waals surface area contributed by atoms with Gasteiger partial charge in [-0.25, -0.2) is 8.42 Å². The van der Waals surface area contributed by atoms with Crippen molar-refractivity contribution in [2.45, 2.75) is 32.9 Å². The summed E-state index contributed by atoms with van der Waals surface area (Å²) in [6.07, 6.45) is 1.34. The summed E-state index contributed by atoms with van der Waals surface area (Å²) in [6, 6.07) is 22.5. The molecular formula is C29H33ClIN3O4S. The lowest BCUT2D eigenvalue weighted by atomic mass is 10.0. The highest BCUT2D eigenvalue weighted by Gasteiger charge is 2.33. The molecule has 0 aliphatic carbocycles. The zero-order chi connectivity index (χ0) is 28.6. The lowest BCUT2D eigenvalue weighted by molar-refractivity contribution is -0.140. The van der Waals surface area contributed by atoms with E-state index in [1.165, 1.54) is 4.90 Å². The van der Waals surface area contributed by atoms with Crippen LogP contribution in [0, 0.1) is 9.49 Å². The Bertz CT molecular complexity index is 1350. The Kier molecular flexibility index (Phi) is 11.2. The zero-order valence-corrected chi connectivity index (χ0v) is 25.9. The number of hydrogen-bond acceptors (Lipinski definition) is 4. The second-order valence-corrected chi connectivity index (χ2v) is 13.3. The highest BCUT2D eigenvalue weighted by Crippen LogP contribution is 2.22. The maximum atomic E-state index is 14.0. The number of anilines is 1. The van der Waals surface area contributed by atoms with Gasteiger partial charge in [0.2, 0.25) is 21.8 Å². The first-order valence-electron chi connectivity index (χ1n) is 12.5. The van der Waals surface area contributed by atoms with Gasteiger partial charge in [-0.2, -0.15) is 0 Å². The van der Waals surface area contributed by atoms with Gasteiger partial charge in [0, 0.05) is 28.1 Å². The van der Waals surface area contributed by atoms with Crippen LogP contribution in [0.3, 0.4) is 0 Å². The van der Waals surface area contributed by atoms with E-state index in [0.29, 0.717) is 17.3 Å². The normalized spacial score (nSPS) is 12.2. The summed E-state index contributed by atoms with van der Waals surface area (Å²) >= 11 is 8.21. The Labute approximate surface area is 249 Å². The molecule has 3 rings (SSSR count). The quantitative estimate of drug-likeness (QED) is 0.269. The molecule has 0 saturated heterocycles. The molecule has 0 aliphatic rings. The van der Waals surface area contributed by atoms with E-state index in [2.05, 4.69) is 27.9 Å². The Balaban J connectivity index is 2.03. The lowest BCUT2D eigenvalue weighted by Crippen LogP contribution is -2.53. The lowest BCUT2D eigenvalue weighted by Gasteiger charge is -2.33. The average molecular weight is 682 g/mol.